The molecule has 0 aliphatic rings. The lowest BCUT2D eigenvalue weighted by molar-refractivity contribution is 0.327. The van der Waals surface area contributed by atoms with E-state index in [-0.39, 0.29) is 5.75 Å². The lowest BCUT2D eigenvalue weighted by Crippen LogP contribution is -2.28. The van der Waals surface area contributed by atoms with Gasteiger partial charge in [-0.2, -0.15) is 0 Å². The summed E-state index contributed by atoms with van der Waals surface area (Å²) in [4.78, 5) is 0. The van der Waals surface area contributed by atoms with Crippen molar-refractivity contribution in [2.24, 2.45) is 5.41 Å². The standard InChI is InChI=1S/C14H22BrNO2/c1-5-14(2,3)9-16-8-10-6-11(15)13(17)12(7-10)18-4/h6-7,16-17H,5,8-9H2,1-4H3. The fourth-order valence-electron chi connectivity index (χ4n) is 1.56. The number of hydrogen-bond donors (Lipinski definition) is 2. The summed E-state index contributed by atoms with van der Waals surface area (Å²) in [5, 5.41) is 13.2. The summed E-state index contributed by atoms with van der Waals surface area (Å²) >= 11 is 3.33. The Balaban J connectivity index is 2.66. The molecule has 0 saturated carbocycles. The van der Waals surface area contributed by atoms with Crippen LogP contribution < -0.4 is 10.1 Å². The van der Waals surface area contributed by atoms with E-state index in [1.807, 2.05) is 12.1 Å². The summed E-state index contributed by atoms with van der Waals surface area (Å²) < 4.78 is 5.79. The first-order valence-corrected chi connectivity index (χ1v) is 6.95. The molecule has 1 aromatic carbocycles. The normalized spacial score (nSPS) is 11.6. The molecule has 0 aromatic heterocycles. The zero-order valence-electron chi connectivity index (χ0n) is 11.5. The molecule has 1 rings (SSSR count). The Hall–Kier alpha value is -0.740. The molecule has 0 saturated heterocycles. The molecule has 1 aromatic rings. The Morgan fingerprint density at radius 1 is 1.39 bits per heavy atom. The molecule has 102 valence electrons. The smallest absolute Gasteiger partial charge is 0.172 e. The molecule has 0 unspecified atom stereocenters. The van der Waals surface area contributed by atoms with Crippen molar-refractivity contribution < 1.29 is 9.84 Å². The van der Waals surface area contributed by atoms with Crippen LogP contribution in [0.4, 0.5) is 0 Å². The second kappa shape index (κ2) is 6.43. The number of phenolic OH excluding ortho intramolecular Hbond substituents is 1. The monoisotopic (exact) mass is 315 g/mol. The van der Waals surface area contributed by atoms with Gasteiger partial charge in [-0.1, -0.05) is 20.8 Å². The highest BCUT2D eigenvalue weighted by Crippen LogP contribution is 2.35. The Labute approximate surface area is 118 Å². The number of phenols is 1. The van der Waals surface area contributed by atoms with Crippen LogP contribution in [0.15, 0.2) is 16.6 Å². The van der Waals surface area contributed by atoms with Crippen LogP contribution in [0.1, 0.15) is 32.8 Å². The first-order valence-electron chi connectivity index (χ1n) is 6.15. The van der Waals surface area contributed by atoms with Gasteiger partial charge in [0.1, 0.15) is 0 Å². The predicted octanol–water partition coefficient (Wildman–Crippen LogP) is 3.69. The van der Waals surface area contributed by atoms with Gasteiger partial charge < -0.3 is 15.2 Å². The Morgan fingerprint density at radius 3 is 2.61 bits per heavy atom. The van der Waals surface area contributed by atoms with E-state index in [9.17, 15) is 5.11 Å². The highest BCUT2D eigenvalue weighted by atomic mass is 79.9. The summed E-state index contributed by atoms with van der Waals surface area (Å²) in [5.41, 5.74) is 1.39. The van der Waals surface area contributed by atoms with Crippen molar-refractivity contribution in [2.75, 3.05) is 13.7 Å². The largest absolute Gasteiger partial charge is 0.503 e. The highest BCUT2D eigenvalue weighted by Gasteiger charge is 2.14. The zero-order chi connectivity index (χ0) is 13.8. The number of ether oxygens (including phenoxy) is 1. The van der Waals surface area contributed by atoms with Crippen LogP contribution in [0, 0.1) is 5.41 Å². The molecule has 0 bridgehead atoms. The summed E-state index contributed by atoms with van der Waals surface area (Å²) in [6, 6.07) is 3.76. The average Bonchev–Trinajstić information content (AvgIpc) is 2.33. The topological polar surface area (TPSA) is 41.5 Å². The van der Waals surface area contributed by atoms with Crippen LogP contribution in [0.2, 0.25) is 0 Å². The number of halogens is 1. The second-order valence-electron chi connectivity index (χ2n) is 5.25. The van der Waals surface area contributed by atoms with Gasteiger partial charge in [0, 0.05) is 13.1 Å². The number of benzene rings is 1. The van der Waals surface area contributed by atoms with E-state index in [1.165, 1.54) is 0 Å². The molecule has 0 atom stereocenters. The SMILES string of the molecule is CCC(C)(C)CNCc1cc(Br)c(O)c(OC)c1. The fraction of sp³-hybridized carbons (Fsp3) is 0.571. The van der Waals surface area contributed by atoms with Crippen LogP contribution in [-0.2, 0) is 6.54 Å². The lowest BCUT2D eigenvalue weighted by Gasteiger charge is -2.23. The van der Waals surface area contributed by atoms with Crippen molar-refractivity contribution >= 4 is 15.9 Å². The third kappa shape index (κ3) is 4.18. The van der Waals surface area contributed by atoms with Gasteiger partial charge in [-0.15, -0.1) is 0 Å². The van der Waals surface area contributed by atoms with Gasteiger partial charge in [-0.25, -0.2) is 0 Å². The lowest BCUT2D eigenvalue weighted by atomic mass is 9.90. The van der Waals surface area contributed by atoms with Crippen LogP contribution in [0.3, 0.4) is 0 Å². The molecule has 0 spiro atoms. The molecule has 0 heterocycles. The third-order valence-electron chi connectivity index (χ3n) is 3.20. The first-order chi connectivity index (χ1) is 8.39. The number of nitrogens with one attached hydrogen (secondary N) is 1. The Morgan fingerprint density at radius 2 is 2.06 bits per heavy atom. The summed E-state index contributed by atoms with van der Waals surface area (Å²) in [6.07, 6.45) is 1.14. The summed E-state index contributed by atoms with van der Waals surface area (Å²) in [5.74, 6) is 0.645. The zero-order valence-corrected chi connectivity index (χ0v) is 13.1. The van der Waals surface area contributed by atoms with E-state index in [0.29, 0.717) is 15.6 Å². The second-order valence-corrected chi connectivity index (χ2v) is 6.10. The Bertz CT molecular complexity index is 405. The van der Waals surface area contributed by atoms with E-state index in [1.54, 1.807) is 7.11 Å². The molecular formula is C14H22BrNO2. The van der Waals surface area contributed by atoms with Crippen LogP contribution >= 0.6 is 15.9 Å². The van der Waals surface area contributed by atoms with Gasteiger partial charge in [0.25, 0.3) is 0 Å². The number of methoxy groups -OCH3 is 1. The van der Waals surface area contributed by atoms with Crippen LogP contribution in [0.25, 0.3) is 0 Å². The van der Waals surface area contributed by atoms with Gasteiger partial charge in [0.2, 0.25) is 0 Å². The van der Waals surface area contributed by atoms with Crippen molar-refractivity contribution in [3.05, 3.63) is 22.2 Å². The van der Waals surface area contributed by atoms with Gasteiger partial charge in [-0.05, 0) is 45.5 Å². The van der Waals surface area contributed by atoms with Gasteiger partial charge in [0.05, 0.1) is 11.6 Å². The third-order valence-corrected chi connectivity index (χ3v) is 3.80. The first kappa shape index (κ1) is 15.3. The van der Waals surface area contributed by atoms with Gasteiger partial charge in [0.15, 0.2) is 11.5 Å². The van der Waals surface area contributed by atoms with E-state index in [0.717, 1.165) is 25.1 Å². The van der Waals surface area contributed by atoms with Crippen molar-refractivity contribution in [3.63, 3.8) is 0 Å². The highest BCUT2D eigenvalue weighted by molar-refractivity contribution is 9.10. The Kier molecular flexibility index (Phi) is 5.47. The molecule has 0 aliphatic heterocycles. The summed E-state index contributed by atoms with van der Waals surface area (Å²) in [7, 11) is 1.55. The molecule has 18 heavy (non-hydrogen) atoms. The maximum absolute atomic E-state index is 9.72. The minimum absolute atomic E-state index is 0.148. The maximum atomic E-state index is 9.72. The molecule has 0 fully saturated rings. The van der Waals surface area contributed by atoms with E-state index >= 15 is 0 Å². The molecule has 3 nitrogen and oxygen atoms in total. The van der Waals surface area contributed by atoms with E-state index in [2.05, 4.69) is 42.0 Å². The minimum atomic E-state index is 0.148. The molecule has 0 radical (unpaired) electrons. The fourth-order valence-corrected chi connectivity index (χ4v) is 2.04. The van der Waals surface area contributed by atoms with Gasteiger partial charge >= 0.3 is 0 Å². The number of aromatic hydroxyl groups is 1. The molecule has 0 aliphatic carbocycles. The molecule has 2 N–H and O–H groups in total. The average molecular weight is 316 g/mol. The van der Waals surface area contributed by atoms with Crippen molar-refractivity contribution in [2.45, 2.75) is 33.7 Å². The van der Waals surface area contributed by atoms with Crippen LogP contribution in [0.5, 0.6) is 11.5 Å². The maximum Gasteiger partial charge on any atom is 0.172 e. The van der Waals surface area contributed by atoms with Crippen molar-refractivity contribution in [3.8, 4) is 11.5 Å². The number of hydrogen-bond acceptors (Lipinski definition) is 3. The minimum Gasteiger partial charge on any atom is -0.503 e. The number of rotatable bonds is 6. The van der Waals surface area contributed by atoms with E-state index < -0.39 is 0 Å². The van der Waals surface area contributed by atoms with Crippen molar-refractivity contribution in [1.82, 2.24) is 5.32 Å². The summed E-state index contributed by atoms with van der Waals surface area (Å²) in [6.45, 7) is 8.41. The molecular weight excluding hydrogens is 294 g/mol. The molecule has 0 amide bonds. The van der Waals surface area contributed by atoms with E-state index in [4.69, 9.17) is 4.74 Å². The quantitative estimate of drug-likeness (QED) is 0.841. The molecule has 4 heteroatoms. The predicted molar refractivity (Wildman–Crippen MR) is 78.1 cm³/mol. The van der Waals surface area contributed by atoms with Gasteiger partial charge in [-0.3, -0.25) is 0 Å². The van der Waals surface area contributed by atoms with Crippen LogP contribution in [-0.4, -0.2) is 18.8 Å². The van der Waals surface area contributed by atoms with Crippen molar-refractivity contribution in [1.29, 1.82) is 0 Å².